The molecule has 4 aliphatic rings. The molecule has 1 aliphatic heterocycles. The molecule has 216 valence electrons. The topological polar surface area (TPSA) is 165 Å². The fraction of sp³-hybridized carbons (Fsp3) is 0.607. The van der Waals surface area contributed by atoms with E-state index in [9.17, 15) is 34.2 Å². The average Bonchev–Trinajstić information content (AvgIpc) is 2.86. The molecular formula is C28H37N5O7. The molecule has 0 radical (unpaired) electrons. The number of benzene rings is 1. The number of Topliss-reactive ketones (excluding diaryl/α,β-unsaturated/α-hetero) is 4. The maximum absolute atomic E-state index is 14.1. The predicted octanol–water partition coefficient (Wildman–Crippen LogP) is -1.32. The van der Waals surface area contributed by atoms with Crippen LogP contribution in [0.15, 0.2) is 6.07 Å². The van der Waals surface area contributed by atoms with Crippen LogP contribution in [-0.2, 0) is 25.6 Å². The lowest BCUT2D eigenvalue weighted by Crippen LogP contribution is -2.74. The van der Waals surface area contributed by atoms with Crippen molar-refractivity contribution in [2.75, 3.05) is 71.2 Å². The number of likely N-dealkylation sites (N-methyl/N-ethyl adjacent to an activating group) is 2. The van der Waals surface area contributed by atoms with Gasteiger partial charge in [0, 0.05) is 51.9 Å². The maximum atomic E-state index is 14.1. The summed E-state index contributed by atoms with van der Waals surface area (Å²) in [5.41, 5.74) is 4.49. The minimum Gasteiger partial charge on any atom is -0.505 e. The Labute approximate surface area is 232 Å². The van der Waals surface area contributed by atoms with Crippen molar-refractivity contribution < 1.29 is 34.2 Å². The van der Waals surface area contributed by atoms with Crippen LogP contribution in [0.25, 0.3) is 0 Å². The molecule has 3 aliphatic carbocycles. The second-order valence-electron chi connectivity index (χ2n) is 12.1. The second-order valence-corrected chi connectivity index (χ2v) is 12.1. The largest absolute Gasteiger partial charge is 0.505 e. The quantitative estimate of drug-likeness (QED) is 0.378. The lowest BCUT2D eigenvalue weighted by molar-refractivity contribution is -0.181. The number of aromatic hydroxyl groups is 1. The molecule has 40 heavy (non-hydrogen) atoms. The summed E-state index contributed by atoms with van der Waals surface area (Å²) >= 11 is 0. The predicted molar refractivity (Wildman–Crippen MR) is 145 cm³/mol. The molecular weight excluding hydrogens is 518 g/mol. The number of rotatable bonds is 4. The van der Waals surface area contributed by atoms with Crippen molar-refractivity contribution in [1.82, 2.24) is 9.80 Å². The van der Waals surface area contributed by atoms with Crippen molar-refractivity contribution in [2.45, 2.75) is 24.5 Å². The van der Waals surface area contributed by atoms with Gasteiger partial charge < -0.3 is 30.6 Å². The Morgan fingerprint density at radius 3 is 2.23 bits per heavy atom. The number of carbonyl (C=O) groups is 5. The highest BCUT2D eigenvalue weighted by atomic mass is 16.3. The van der Waals surface area contributed by atoms with Crippen LogP contribution in [0.3, 0.4) is 0 Å². The van der Waals surface area contributed by atoms with Crippen molar-refractivity contribution in [3.63, 3.8) is 0 Å². The lowest BCUT2D eigenvalue weighted by atomic mass is 9.52. The van der Waals surface area contributed by atoms with Gasteiger partial charge in [0.1, 0.15) is 5.75 Å². The number of amides is 1. The normalized spacial score (nSPS) is 32.6. The number of phenolic OH excluding ortho intramolecular Hbond substituents is 1. The van der Waals surface area contributed by atoms with E-state index in [0.29, 0.717) is 24.3 Å². The number of aliphatic hydroxyl groups is 1. The molecule has 1 saturated heterocycles. The Morgan fingerprint density at radius 2 is 1.68 bits per heavy atom. The number of carbonyl (C=O) groups excluding carboxylic acids is 5. The van der Waals surface area contributed by atoms with E-state index < -0.39 is 64.4 Å². The van der Waals surface area contributed by atoms with E-state index in [-0.39, 0.29) is 24.2 Å². The maximum Gasteiger partial charge on any atom is 0.235 e. The molecule has 1 aromatic rings. The number of anilines is 2. The minimum atomic E-state index is -2.73. The first-order chi connectivity index (χ1) is 18.7. The van der Waals surface area contributed by atoms with E-state index in [1.807, 2.05) is 37.0 Å². The van der Waals surface area contributed by atoms with E-state index in [4.69, 9.17) is 5.73 Å². The first kappa shape index (κ1) is 28.2. The highest BCUT2D eigenvalue weighted by Crippen LogP contribution is 2.53. The number of phenols is 1. The van der Waals surface area contributed by atoms with Crippen molar-refractivity contribution in [2.24, 2.45) is 29.4 Å². The average molecular weight is 556 g/mol. The molecule has 4 N–H and O–H groups in total. The molecule has 0 aromatic heterocycles. The zero-order chi connectivity index (χ0) is 29.4. The zero-order valence-electron chi connectivity index (χ0n) is 23.5. The fourth-order valence-corrected chi connectivity index (χ4v) is 7.33. The number of fused-ring (bicyclic) bond motifs is 3. The van der Waals surface area contributed by atoms with Gasteiger partial charge in [0.25, 0.3) is 0 Å². The summed E-state index contributed by atoms with van der Waals surface area (Å²) < 4.78 is 0. The number of primary amides is 1. The van der Waals surface area contributed by atoms with Gasteiger partial charge in [-0.2, -0.15) is 0 Å². The molecule has 1 amide bonds. The summed E-state index contributed by atoms with van der Waals surface area (Å²) in [4.78, 5) is 74.6. The second kappa shape index (κ2) is 9.64. The number of hydrogen-bond donors (Lipinski definition) is 3. The van der Waals surface area contributed by atoms with Gasteiger partial charge in [-0.15, -0.1) is 0 Å². The zero-order valence-corrected chi connectivity index (χ0v) is 23.5. The SMILES string of the molecule is CN1CCN(c2cc(N(C)C)c3c(c2O)C(=O)C2C(=O)[C@]4(O)C(=O)C(C(N)=O)C(=O)[C@@H](N(C)C)[C@@H]4C[C@@H]2C3)CC1. The molecule has 1 aromatic carbocycles. The first-order valence-corrected chi connectivity index (χ1v) is 13.6. The van der Waals surface area contributed by atoms with Crippen molar-refractivity contribution in [1.29, 1.82) is 0 Å². The lowest BCUT2D eigenvalue weighted by Gasteiger charge is -2.52. The number of nitrogens with zero attached hydrogens (tertiary/aromatic N) is 4. The van der Waals surface area contributed by atoms with Gasteiger partial charge in [-0.3, -0.25) is 28.9 Å². The summed E-state index contributed by atoms with van der Waals surface area (Å²) in [5, 5.41) is 23.2. The van der Waals surface area contributed by atoms with Crippen LogP contribution in [-0.4, -0.2) is 122 Å². The van der Waals surface area contributed by atoms with Gasteiger partial charge in [0.05, 0.1) is 23.2 Å². The standard InChI is InChI=1S/C28H37N5O7/c1-30(2)16-12-17(33-8-6-32(5)7-9-33)22(34)19-14(16)10-13-11-15-21(31(3)4)24(36)20(27(29)39)26(38)28(15,40)25(37)18(13)23(19)35/h12-13,15,18,20-21,34,40H,6-11H2,1-5H3,(H2,29,39)/t13-,15-,18?,20?,21-,28-/m0/s1. The molecule has 2 saturated carbocycles. The van der Waals surface area contributed by atoms with Gasteiger partial charge in [-0.1, -0.05) is 0 Å². The third kappa shape index (κ3) is 3.87. The molecule has 6 atom stereocenters. The summed E-state index contributed by atoms with van der Waals surface area (Å²) in [6, 6.07) is 0.741. The van der Waals surface area contributed by atoms with E-state index in [2.05, 4.69) is 4.90 Å². The number of hydrogen-bond acceptors (Lipinski definition) is 11. The third-order valence-electron chi connectivity index (χ3n) is 9.34. The van der Waals surface area contributed by atoms with E-state index in [0.717, 1.165) is 18.8 Å². The van der Waals surface area contributed by atoms with Crippen LogP contribution in [0.1, 0.15) is 22.3 Å². The van der Waals surface area contributed by atoms with Crippen LogP contribution in [0.4, 0.5) is 11.4 Å². The Morgan fingerprint density at radius 1 is 1.05 bits per heavy atom. The van der Waals surface area contributed by atoms with Gasteiger partial charge >= 0.3 is 0 Å². The fourth-order valence-electron chi connectivity index (χ4n) is 7.33. The highest BCUT2D eigenvalue weighted by Gasteiger charge is 2.69. The molecule has 3 fully saturated rings. The van der Waals surface area contributed by atoms with Crippen LogP contribution in [0.5, 0.6) is 5.75 Å². The first-order valence-electron chi connectivity index (χ1n) is 13.6. The molecule has 12 heteroatoms. The van der Waals surface area contributed by atoms with Crippen molar-refractivity contribution in [3.8, 4) is 5.75 Å². The molecule has 1 heterocycles. The smallest absolute Gasteiger partial charge is 0.235 e. The van der Waals surface area contributed by atoms with Gasteiger partial charge in [0.15, 0.2) is 34.7 Å². The summed E-state index contributed by atoms with van der Waals surface area (Å²) in [7, 11) is 8.82. The summed E-state index contributed by atoms with van der Waals surface area (Å²) in [6.45, 7) is 2.82. The van der Waals surface area contributed by atoms with Crippen LogP contribution in [0, 0.1) is 23.7 Å². The number of nitrogens with two attached hydrogens (primary N) is 1. The number of piperazine rings is 1. The Balaban J connectivity index is 1.64. The molecule has 5 rings (SSSR count). The third-order valence-corrected chi connectivity index (χ3v) is 9.34. The van der Waals surface area contributed by atoms with Crippen LogP contribution >= 0.6 is 0 Å². The molecule has 0 spiro atoms. The van der Waals surface area contributed by atoms with Gasteiger partial charge in [-0.25, -0.2) is 0 Å². The molecule has 2 unspecified atom stereocenters. The van der Waals surface area contributed by atoms with Crippen LogP contribution in [0.2, 0.25) is 0 Å². The van der Waals surface area contributed by atoms with E-state index in [1.165, 1.54) is 4.90 Å². The minimum absolute atomic E-state index is 0.0201. The number of ketones is 4. The Hall–Kier alpha value is -3.35. The van der Waals surface area contributed by atoms with E-state index in [1.54, 1.807) is 14.1 Å². The van der Waals surface area contributed by atoms with E-state index >= 15 is 0 Å². The molecule has 0 bridgehead atoms. The Bertz CT molecular complexity index is 1320. The Kier molecular flexibility index (Phi) is 6.79. The van der Waals surface area contributed by atoms with Crippen LogP contribution < -0.4 is 15.5 Å². The highest BCUT2D eigenvalue weighted by molar-refractivity contribution is 6.32. The van der Waals surface area contributed by atoms with Crippen molar-refractivity contribution in [3.05, 3.63) is 17.2 Å². The van der Waals surface area contributed by atoms with Gasteiger partial charge in [0.2, 0.25) is 5.91 Å². The van der Waals surface area contributed by atoms with Gasteiger partial charge in [-0.05, 0) is 51.5 Å². The van der Waals surface area contributed by atoms with Crippen molar-refractivity contribution >= 4 is 40.4 Å². The summed E-state index contributed by atoms with van der Waals surface area (Å²) in [6.07, 6.45) is 0.258. The monoisotopic (exact) mass is 555 g/mol. The molecule has 12 nitrogen and oxygen atoms in total. The summed E-state index contributed by atoms with van der Waals surface area (Å²) in [5.74, 6) is -10.3.